The summed E-state index contributed by atoms with van der Waals surface area (Å²) in [5, 5.41) is 5.15. The maximum Gasteiger partial charge on any atom is 0.260 e. The van der Waals surface area contributed by atoms with E-state index in [1.54, 1.807) is 6.92 Å². The molecule has 0 fully saturated rings. The van der Waals surface area contributed by atoms with E-state index in [4.69, 9.17) is 0 Å². The van der Waals surface area contributed by atoms with Crippen LogP contribution in [0.25, 0.3) is 4.96 Å². The number of aryl methyl sites for hydroxylation is 4. The minimum Gasteiger partial charge on any atom is -0.221 e. The Balaban J connectivity index is 1.99. The molecule has 3 aromatic rings. The predicted octanol–water partition coefficient (Wildman–Crippen LogP) is 3.06. The molecule has 3 rings (SSSR count). The average molecular weight is 364 g/mol. The highest BCUT2D eigenvalue weighted by Gasteiger charge is 2.27. The Morgan fingerprint density at radius 3 is 2.58 bits per heavy atom. The van der Waals surface area contributed by atoms with Crippen LogP contribution in [-0.4, -0.2) is 23.0 Å². The highest BCUT2D eigenvalue weighted by molar-refractivity contribution is 7.89. The molecule has 0 aliphatic carbocycles. The van der Waals surface area contributed by atoms with Crippen LogP contribution in [0.2, 0.25) is 0 Å². The summed E-state index contributed by atoms with van der Waals surface area (Å²) in [6.07, 6.45) is 0. The summed E-state index contributed by atoms with van der Waals surface area (Å²) >= 11 is 1.37. The van der Waals surface area contributed by atoms with E-state index in [9.17, 15) is 8.42 Å². The number of rotatable bonds is 4. The van der Waals surface area contributed by atoms with Gasteiger partial charge in [-0.05, 0) is 45.7 Å². The maximum atomic E-state index is 12.9. The Morgan fingerprint density at radius 2 is 1.92 bits per heavy atom. The predicted molar refractivity (Wildman–Crippen MR) is 95.0 cm³/mol. The lowest BCUT2D eigenvalue weighted by Gasteiger charge is -2.17. The lowest BCUT2D eigenvalue weighted by Crippen LogP contribution is -2.29. The Kier molecular flexibility index (Phi) is 4.23. The lowest BCUT2D eigenvalue weighted by molar-refractivity contribution is 0.558. The van der Waals surface area contributed by atoms with E-state index in [2.05, 4.69) is 14.8 Å². The number of benzene rings is 1. The van der Waals surface area contributed by atoms with Gasteiger partial charge in [0.15, 0.2) is 5.03 Å². The lowest BCUT2D eigenvalue weighted by atomic mass is 10.0. The van der Waals surface area contributed by atoms with E-state index in [-0.39, 0.29) is 11.1 Å². The molecule has 6 nitrogen and oxygen atoms in total. The maximum absolute atomic E-state index is 12.9. The van der Waals surface area contributed by atoms with Crippen molar-refractivity contribution in [3.05, 3.63) is 45.6 Å². The van der Waals surface area contributed by atoms with E-state index in [0.29, 0.717) is 10.7 Å². The van der Waals surface area contributed by atoms with Gasteiger partial charge >= 0.3 is 0 Å². The van der Waals surface area contributed by atoms with Crippen molar-refractivity contribution in [2.24, 2.45) is 0 Å². The van der Waals surface area contributed by atoms with Gasteiger partial charge in [0.05, 0.1) is 5.69 Å². The SMILES string of the molecule is Cc1ccc(C(C)NS(=O)(=O)c2c(C)nc3sc(C)nn23)c(C)c1. The van der Waals surface area contributed by atoms with Crippen LogP contribution in [0.4, 0.5) is 0 Å². The fraction of sp³-hybridized carbons (Fsp3) is 0.375. The van der Waals surface area contributed by atoms with Crippen LogP contribution < -0.4 is 4.72 Å². The van der Waals surface area contributed by atoms with Crippen molar-refractivity contribution in [3.8, 4) is 0 Å². The Hall–Kier alpha value is -1.77. The number of nitrogens with one attached hydrogen (secondary N) is 1. The van der Waals surface area contributed by atoms with Crippen molar-refractivity contribution in [3.63, 3.8) is 0 Å². The van der Waals surface area contributed by atoms with Gasteiger partial charge in [-0.2, -0.15) is 9.61 Å². The van der Waals surface area contributed by atoms with Gasteiger partial charge in [0.1, 0.15) is 5.01 Å². The first-order chi connectivity index (χ1) is 11.2. The first-order valence-electron chi connectivity index (χ1n) is 7.61. The van der Waals surface area contributed by atoms with Gasteiger partial charge in [-0.25, -0.2) is 18.1 Å². The van der Waals surface area contributed by atoms with Crippen molar-refractivity contribution in [2.75, 3.05) is 0 Å². The van der Waals surface area contributed by atoms with E-state index in [1.807, 2.05) is 45.9 Å². The Labute approximate surface area is 145 Å². The van der Waals surface area contributed by atoms with Crippen LogP contribution in [0.1, 0.15) is 40.4 Å². The van der Waals surface area contributed by atoms with Crippen molar-refractivity contribution in [1.82, 2.24) is 19.3 Å². The van der Waals surface area contributed by atoms with Gasteiger partial charge in [0.2, 0.25) is 4.96 Å². The molecule has 0 amide bonds. The fourth-order valence-electron chi connectivity index (χ4n) is 2.90. The van der Waals surface area contributed by atoms with Gasteiger partial charge in [-0.3, -0.25) is 0 Å². The van der Waals surface area contributed by atoms with Crippen LogP contribution in [0.5, 0.6) is 0 Å². The number of nitrogens with zero attached hydrogens (tertiary/aromatic N) is 3. The number of aromatic nitrogens is 3. The van der Waals surface area contributed by atoms with Gasteiger partial charge in [-0.1, -0.05) is 35.1 Å². The van der Waals surface area contributed by atoms with Gasteiger partial charge < -0.3 is 0 Å². The van der Waals surface area contributed by atoms with Crippen molar-refractivity contribution < 1.29 is 8.42 Å². The third kappa shape index (κ3) is 2.97. The quantitative estimate of drug-likeness (QED) is 0.772. The second-order valence-corrected chi connectivity index (χ2v) is 8.81. The third-order valence-electron chi connectivity index (χ3n) is 3.90. The zero-order chi connectivity index (χ0) is 17.6. The molecule has 8 heteroatoms. The van der Waals surface area contributed by atoms with Crippen LogP contribution in [0.3, 0.4) is 0 Å². The number of imidazole rings is 1. The largest absolute Gasteiger partial charge is 0.260 e. The summed E-state index contributed by atoms with van der Waals surface area (Å²) in [7, 11) is -3.74. The topological polar surface area (TPSA) is 76.4 Å². The number of hydrogen-bond acceptors (Lipinski definition) is 5. The van der Waals surface area contributed by atoms with E-state index >= 15 is 0 Å². The van der Waals surface area contributed by atoms with Crippen molar-refractivity contribution >= 4 is 26.3 Å². The molecule has 0 aliphatic rings. The minimum atomic E-state index is -3.74. The van der Waals surface area contributed by atoms with Crippen LogP contribution in [-0.2, 0) is 10.0 Å². The van der Waals surface area contributed by atoms with Gasteiger partial charge in [0, 0.05) is 6.04 Å². The van der Waals surface area contributed by atoms with Crippen molar-refractivity contribution in [2.45, 2.75) is 45.7 Å². The molecule has 0 bridgehead atoms. The molecule has 1 unspecified atom stereocenters. The van der Waals surface area contributed by atoms with E-state index in [0.717, 1.165) is 21.7 Å². The van der Waals surface area contributed by atoms with Crippen molar-refractivity contribution in [1.29, 1.82) is 0 Å². The second kappa shape index (κ2) is 5.94. The van der Waals surface area contributed by atoms with Gasteiger partial charge in [-0.15, -0.1) is 0 Å². The Morgan fingerprint density at radius 1 is 1.21 bits per heavy atom. The van der Waals surface area contributed by atoms with Gasteiger partial charge in [0.25, 0.3) is 10.0 Å². The number of sulfonamides is 1. The summed E-state index contributed by atoms with van der Waals surface area (Å²) in [6.45, 7) is 9.36. The standard InChI is InChI=1S/C16H20N4O2S2/c1-9-6-7-14(10(2)8-9)11(3)19-24(21,22)15-12(4)17-16-20(15)18-13(5)23-16/h6-8,11,19H,1-5H3. The highest BCUT2D eigenvalue weighted by Crippen LogP contribution is 2.25. The molecular weight excluding hydrogens is 344 g/mol. The van der Waals surface area contributed by atoms with E-state index in [1.165, 1.54) is 15.9 Å². The first kappa shape index (κ1) is 17.1. The molecule has 1 atom stereocenters. The first-order valence-corrected chi connectivity index (χ1v) is 9.91. The molecule has 0 radical (unpaired) electrons. The molecule has 0 saturated heterocycles. The molecule has 24 heavy (non-hydrogen) atoms. The summed E-state index contributed by atoms with van der Waals surface area (Å²) in [5.41, 5.74) is 3.62. The molecular formula is C16H20N4O2S2. The number of hydrogen-bond donors (Lipinski definition) is 1. The highest BCUT2D eigenvalue weighted by atomic mass is 32.2. The monoisotopic (exact) mass is 364 g/mol. The third-order valence-corrected chi connectivity index (χ3v) is 6.37. The molecule has 0 spiro atoms. The molecule has 1 aromatic carbocycles. The van der Waals surface area contributed by atoms with Crippen LogP contribution >= 0.6 is 11.3 Å². The zero-order valence-corrected chi connectivity index (χ0v) is 15.9. The molecule has 0 aliphatic heterocycles. The smallest absolute Gasteiger partial charge is 0.221 e. The summed E-state index contributed by atoms with van der Waals surface area (Å²) in [4.78, 5) is 4.90. The summed E-state index contributed by atoms with van der Waals surface area (Å²) < 4.78 is 29.9. The molecule has 0 saturated carbocycles. The summed E-state index contributed by atoms with van der Waals surface area (Å²) in [6, 6.07) is 5.65. The number of fused-ring (bicyclic) bond motifs is 1. The second-order valence-electron chi connectivity index (χ2n) is 6.02. The van der Waals surface area contributed by atoms with Crippen LogP contribution in [0.15, 0.2) is 23.2 Å². The Bertz CT molecular complexity index is 1020. The van der Waals surface area contributed by atoms with Crippen LogP contribution in [0, 0.1) is 27.7 Å². The molecule has 2 heterocycles. The molecule has 1 N–H and O–H groups in total. The average Bonchev–Trinajstić information content (AvgIpc) is 2.91. The normalized spacial score (nSPS) is 13.5. The zero-order valence-electron chi connectivity index (χ0n) is 14.3. The summed E-state index contributed by atoms with van der Waals surface area (Å²) in [5.74, 6) is 0. The molecule has 128 valence electrons. The molecule has 2 aromatic heterocycles. The minimum absolute atomic E-state index is 0.110. The van der Waals surface area contributed by atoms with E-state index < -0.39 is 10.0 Å². The fourth-order valence-corrected chi connectivity index (χ4v) is 5.24.